The van der Waals surface area contributed by atoms with Gasteiger partial charge in [0, 0.05) is 18.1 Å². The van der Waals surface area contributed by atoms with Crippen molar-refractivity contribution in [3.8, 4) is 0 Å². The van der Waals surface area contributed by atoms with Crippen LogP contribution in [0.4, 0.5) is 0 Å². The lowest BCUT2D eigenvalue weighted by Gasteiger charge is -2.18. The van der Waals surface area contributed by atoms with Crippen molar-refractivity contribution in [2.24, 2.45) is 0 Å². The van der Waals surface area contributed by atoms with Gasteiger partial charge in [0.25, 0.3) is 0 Å². The Morgan fingerprint density at radius 1 is 1.31 bits per heavy atom. The molecule has 0 rings (SSSR count). The van der Waals surface area contributed by atoms with E-state index in [1.54, 1.807) is 0 Å². The van der Waals surface area contributed by atoms with Gasteiger partial charge < -0.3 is 4.90 Å². The fourth-order valence-electron chi connectivity index (χ4n) is 1.10. The molecule has 0 aliphatic carbocycles. The Labute approximate surface area is 89.5 Å². The van der Waals surface area contributed by atoms with Gasteiger partial charge in [-0.15, -0.1) is 0 Å². The lowest BCUT2D eigenvalue weighted by molar-refractivity contribution is 0.308. The van der Waals surface area contributed by atoms with Crippen molar-refractivity contribution in [1.29, 1.82) is 0 Å². The van der Waals surface area contributed by atoms with E-state index in [0.29, 0.717) is 5.75 Å². The zero-order valence-electron chi connectivity index (χ0n) is 8.29. The molecule has 13 heavy (non-hydrogen) atoms. The number of rotatable bonds is 7. The average Bonchev–Trinajstić information content (AvgIpc) is 2.01. The highest BCUT2D eigenvalue weighted by molar-refractivity contribution is 9.09. The predicted molar refractivity (Wildman–Crippen MR) is 60.2 cm³/mol. The molecule has 0 N–H and O–H groups in total. The van der Waals surface area contributed by atoms with Gasteiger partial charge in [0.05, 0.1) is 5.75 Å². The van der Waals surface area contributed by atoms with Gasteiger partial charge in [-0.25, -0.2) is 8.42 Å². The van der Waals surface area contributed by atoms with Crippen molar-refractivity contribution in [1.82, 2.24) is 4.90 Å². The topological polar surface area (TPSA) is 37.4 Å². The van der Waals surface area contributed by atoms with Crippen LogP contribution in [0.15, 0.2) is 0 Å². The first-order valence-corrected chi connectivity index (χ1v) is 7.64. The van der Waals surface area contributed by atoms with Crippen LogP contribution in [0, 0.1) is 0 Å². The molecule has 0 bridgehead atoms. The zero-order chi connectivity index (χ0) is 10.3. The minimum atomic E-state index is -2.78. The first-order chi connectivity index (χ1) is 5.99. The summed E-state index contributed by atoms with van der Waals surface area (Å²) in [4.78, 5) is 2.24. The lowest BCUT2D eigenvalue weighted by atomic mass is 10.4. The molecule has 3 nitrogen and oxygen atoms in total. The summed E-state index contributed by atoms with van der Waals surface area (Å²) < 4.78 is 21.7. The van der Waals surface area contributed by atoms with E-state index in [-0.39, 0.29) is 0 Å². The van der Waals surface area contributed by atoms with Crippen LogP contribution in [0.5, 0.6) is 0 Å². The van der Waals surface area contributed by atoms with Crippen LogP contribution in [-0.4, -0.2) is 50.3 Å². The number of nitrogens with zero attached hydrogens (tertiary/aromatic N) is 1. The van der Waals surface area contributed by atoms with E-state index < -0.39 is 9.84 Å². The molecule has 0 aromatic heterocycles. The first kappa shape index (κ1) is 13.4. The fraction of sp³-hybridized carbons (Fsp3) is 1.00. The smallest absolute Gasteiger partial charge is 0.147 e. The summed E-state index contributed by atoms with van der Waals surface area (Å²) in [5, 5.41) is 0.944. The molecule has 80 valence electrons. The van der Waals surface area contributed by atoms with Crippen LogP contribution >= 0.6 is 15.9 Å². The summed E-state index contributed by atoms with van der Waals surface area (Å²) in [6, 6.07) is 0. The maximum Gasteiger partial charge on any atom is 0.147 e. The quantitative estimate of drug-likeness (QED) is 0.652. The minimum absolute atomic E-state index is 0.297. The number of alkyl halides is 1. The second kappa shape index (κ2) is 6.79. The minimum Gasteiger partial charge on any atom is -0.303 e. The van der Waals surface area contributed by atoms with E-state index in [4.69, 9.17) is 0 Å². The Kier molecular flexibility index (Phi) is 6.99. The molecule has 0 aliphatic heterocycles. The third kappa shape index (κ3) is 8.71. The summed E-state index contributed by atoms with van der Waals surface area (Å²) >= 11 is 3.36. The van der Waals surface area contributed by atoms with Gasteiger partial charge in [0.1, 0.15) is 9.84 Å². The molecule has 0 radical (unpaired) electrons. The summed E-state index contributed by atoms with van der Waals surface area (Å²) in [5.41, 5.74) is 0. The summed E-state index contributed by atoms with van der Waals surface area (Å²) in [6.45, 7) is 4.92. The number of sulfone groups is 1. The van der Waals surface area contributed by atoms with E-state index in [1.165, 1.54) is 6.26 Å². The zero-order valence-corrected chi connectivity index (χ0v) is 10.7. The second-order valence-electron chi connectivity index (χ2n) is 3.11. The van der Waals surface area contributed by atoms with Crippen LogP contribution < -0.4 is 0 Å². The van der Waals surface area contributed by atoms with E-state index in [0.717, 1.165) is 31.4 Å². The van der Waals surface area contributed by atoms with E-state index in [9.17, 15) is 8.42 Å². The molecule has 0 spiro atoms. The lowest BCUT2D eigenvalue weighted by Crippen LogP contribution is -2.27. The molecule has 0 aliphatic rings. The van der Waals surface area contributed by atoms with Gasteiger partial charge in [-0.3, -0.25) is 0 Å². The number of halogens is 1. The molecular formula is C8H18BrNO2S. The van der Waals surface area contributed by atoms with Crippen molar-refractivity contribution < 1.29 is 8.42 Å². The Hall–Kier alpha value is 0.390. The van der Waals surface area contributed by atoms with E-state index >= 15 is 0 Å². The normalized spacial score (nSPS) is 12.3. The van der Waals surface area contributed by atoms with Crippen molar-refractivity contribution in [3.05, 3.63) is 0 Å². The van der Waals surface area contributed by atoms with Crippen LogP contribution in [-0.2, 0) is 9.84 Å². The molecule has 0 aromatic rings. The highest BCUT2D eigenvalue weighted by Crippen LogP contribution is 1.96. The molecule has 0 saturated heterocycles. The van der Waals surface area contributed by atoms with Crippen molar-refractivity contribution in [2.45, 2.75) is 13.3 Å². The van der Waals surface area contributed by atoms with Crippen LogP contribution in [0.2, 0.25) is 0 Å². The van der Waals surface area contributed by atoms with Gasteiger partial charge in [-0.1, -0.05) is 22.9 Å². The summed E-state index contributed by atoms with van der Waals surface area (Å²) in [5.74, 6) is 0.297. The van der Waals surface area contributed by atoms with Crippen LogP contribution in [0.25, 0.3) is 0 Å². The molecule has 0 amide bonds. The average molecular weight is 272 g/mol. The largest absolute Gasteiger partial charge is 0.303 e. The van der Waals surface area contributed by atoms with Crippen LogP contribution in [0.3, 0.4) is 0 Å². The molecule has 0 saturated carbocycles. The third-order valence-electron chi connectivity index (χ3n) is 1.84. The maximum absolute atomic E-state index is 10.8. The molecule has 0 aromatic carbocycles. The fourth-order valence-corrected chi connectivity index (χ4v) is 2.25. The monoisotopic (exact) mass is 271 g/mol. The predicted octanol–water partition coefficient (Wildman–Crippen LogP) is 1.14. The van der Waals surface area contributed by atoms with E-state index in [2.05, 4.69) is 27.8 Å². The highest BCUT2D eigenvalue weighted by Gasteiger charge is 2.04. The van der Waals surface area contributed by atoms with Gasteiger partial charge >= 0.3 is 0 Å². The van der Waals surface area contributed by atoms with Gasteiger partial charge in [0.2, 0.25) is 0 Å². The molecule has 0 atom stereocenters. The van der Waals surface area contributed by atoms with Crippen LogP contribution in [0.1, 0.15) is 13.3 Å². The third-order valence-corrected chi connectivity index (χ3v) is 3.22. The summed E-state index contributed by atoms with van der Waals surface area (Å²) in [6.07, 6.45) is 2.02. The van der Waals surface area contributed by atoms with Gasteiger partial charge in [0.15, 0.2) is 0 Å². The molecule has 0 fully saturated rings. The Bertz CT molecular complexity index is 216. The Morgan fingerprint density at radius 3 is 2.31 bits per heavy atom. The van der Waals surface area contributed by atoms with Gasteiger partial charge in [-0.2, -0.15) is 0 Å². The Balaban J connectivity index is 3.61. The maximum atomic E-state index is 10.8. The number of hydrogen-bond donors (Lipinski definition) is 0. The molecule has 5 heteroatoms. The SMILES string of the molecule is CCN(CCBr)CCCS(C)(=O)=O. The first-order valence-electron chi connectivity index (χ1n) is 4.45. The standard InChI is InChI=1S/C8H18BrNO2S/c1-3-10(7-5-9)6-4-8-13(2,11)12/h3-8H2,1-2H3. The second-order valence-corrected chi connectivity index (χ2v) is 6.16. The van der Waals surface area contributed by atoms with Crippen molar-refractivity contribution >= 4 is 25.8 Å². The van der Waals surface area contributed by atoms with Crippen molar-refractivity contribution in [2.75, 3.05) is 37.0 Å². The molecular weight excluding hydrogens is 254 g/mol. The molecule has 0 heterocycles. The van der Waals surface area contributed by atoms with Crippen molar-refractivity contribution in [3.63, 3.8) is 0 Å². The highest BCUT2D eigenvalue weighted by atomic mass is 79.9. The Morgan fingerprint density at radius 2 is 1.92 bits per heavy atom. The van der Waals surface area contributed by atoms with Gasteiger partial charge in [-0.05, 0) is 19.5 Å². The summed E-state index contributed by atoms with van der Waals surface area (Å²) in [7, 11) is -2.78. The number of hydrogen-bond acceptors (Lipinski definition) is 3. The van der Waals surface area contributed by atoms with E-state index in [1.807, 2.05) is 0 Å². The molecule has 0 unspecified atom stereocenters.